The zero-order chi connectivity index (χ0) is 13.9. The second-order valence-corrected chi connectivity index (χ2v) is 6.14. The Labute approximate surface area is 120 Å². The summed E-state index contributed by atoms with van der Waals surface area (Å²) in [5.41, 5.74) is 0. The molecule has 0 bridgehead atoms. The molecule has 3 rings (SSSR count). The largest absolute Gasteiger partial charge is 0.333 e. The number of fused-ring (bicyclic) bond motifs is 1. The number of carbonyl (C=O) groups excluding carboxylic acids is 1. The van der Waals surface area contributed by atoms with Crippen LogP contribution in [0.25, 0.3) is 0 Å². The number of hydrogen-bond donors (Lipinski definition) is 1. The van der Waals surface area contributed by atoms with Gasteiger partial charge in [0.25, 0.3) is 0 Å². The summed E-state index contributed by atoms with van der Waals surface area (Å²) in [5, 5.41) is 3.44. The van der Waals surface area contributed by atoms with Gasteiger partial charge in [-0.15, -0.1) is 0 Å². The Morgan fingerprint density at radius 2 is 2.45 bits per heavy atom. The summed E-state index contributed by atoms with van der Waals surface area (Å²) in [6.07, 6.45) is 6.98. The van der Waals surface area contributed by atoms with Crippen LogP contribution in [0.1, 0.15) is 32.0 Å². The first-order valence-corrected chi connectivity index (χ1v) is 7.72. The Morgan fingerprint density at radius 3 is 3.25 bits per heavy atom. The Kier molecular flexibility index (Phi) is 4.05. The number of nitrogens with zero attached hydrogens (tertiary/aromatic N) is 3. The van der Waals surface area contributed by atoms with Crippen LogP contribution in [0.2, 0.25) is 0 Å². The van der Waals surface area contributed by atoms with E-state index in [0.29, 0.717) is 24.8 Å². The molecular weight excluding hydrogens is 252 g/mol. The van der Waals surface area contributed by atoms with Gasteiger partial charge < -0.3 is 14.8 Å². The topological polar surface area (TPSA) is 50.2 Å². The Morgan fingerprint density at radius 1 is 1.55 bits per heavy atom. The van der Waals surface area contributed by atoms with Crippen LogP contribution in [0.4, 0.5) is 0 Å². The van der Waals surface area contributed by atoms with E-state index in [0.717, 1.165) is 32.0 Å². The summed E-state index contributed by atoms with van der Waals surface area (Å²) < 4.78 is 2.14. The average Bonchev–Trinajstić information content (AvgIpc) is 2.95. The maximum absolute atomic E-state index is 12.5. The van der Waals surface area contributed by atoms with Crippen LogP contribution in [0.5, 0.6) is 0 Å². The van der Waals surface area contributed by atoms with Crippen molar-refractivity contribution in [2.24, 2.45) is 11.8 Å². The van der Waals surface area contributed by atoms with E-state index in [2.05, 4.69) is 21.8 Å². The number of carbonyl (C=O) groups is 1. The molecule has 1 aromatic heterocycles. The van der Waals surface area contributed by atoms with E-state index in [4.69, 9.17) is 0 Å². The summed E-state index contributed by atoms with van der Waals surface area (Å²) in [4.78, 5) is 18.7. The zero-order valence-corrected chi connectivity index (χ0v) is 12.2. The smallest absolute Gasteiger partial charge is 0.223 e. The van der Waals surface area contributed by atoms with E-state index in [9.17, 15) is 4.79 Å². The van der Waals surface area contributed by atoms with E-state index in [1.807, 2.05) is 17.3 Å². The number of hydrogen-bond acceptors (Lipinski definition) is 3. The summed E-state index contributed by atoms with van der Waals surface area (Å²) in [6.45, 7) is 6.78. The Hall–Kier alpha value is -1.36. The van der Waals surface area contributed by atoms with Gasteiger partial charge in [0, 0.05) is 31.9 Å². The molecule has 0 aromatic carbocycles. The monoisotopic (exact) mass is 276 g/mol. The lowest BCUT2D eigenvalue weighted by Gasteiger charge is -2.32. The van der Waals surface area contributed by atoms with Gasteiger partial charge in [0.05, 0.1) is 6.54 Å². The van der Waals surface area contributed by atoms with Crippen molar-refractivity contribution in [1.82, 2.24) is 19.8 Å². The number of amides is 1. The Balaban J connectivity index is 1.54. The average molecular weight is 276 g/mol. The molecule has 0 aliphatic carbocycles. The number of imidazole rings is 1. The van der Waals surface area contributed by atoms with Crippen LogP contribution in [-0.4, -0.2) is 40.0 Å². The minimum absolute atomic E-state index is 0.289. The third-order valence-electron chi connectivity index (χ3n) is 4.73. The van der Waals surface area contributed by atoms with Crippen molar-refractivity contribution in [3.63, 3.8) is 0 Å². The van der Waals surface area contributed by atoms with E-state index in [1.54, 1.807) is 0 Å². The summed E-state index contributed by atoms with van der Waals surface area (Å²) >= 11 is 0. The van der Waals surface area contributed by atoms with Crippen molar-refractivity contribution in [2.45, 2.75) is 39.3 Å². The molecule has 0 radical (unpaired) electrons. The van der Waals surface area contributed by atoms with Gasteiger partial charge in [0.15, 0.2) is 0 Å². The normalized spacial score (nSPS) is 24.2. The predicted octanol–water partition coefficient (Wildman–Crippen LogP) is 1.25. The summed E-state index contributed by atoms with van der Waals surface area (Å²) in [5.74, 6) is 2.42. The van der Waals surface area contributed by atoms with Gasteiger partial charge in [0.1, 0.15) is 5.82 Å². The molecule has 1 N–H and O–H groups in total. The van der Waals surface area contributed by atoms with Crippen LogP contribution >= 0.6 is 0 Å². The first kappa shape index (κ1) is 13.6. The molecule has 110 valence electrons. The second-order valence-electron chi connectivity index (χ2n) is 6.14. The SMILES string of the molecule is CC(CC(=O)N1CCn2ccnc2C1)C1CCCNC1. The molecule has 2 atom stereocenters. The van der Waals surface area contributed by atoms with Crippen LogP contribution in [0.3, 0.4) is 0 Å². The third kappa shape index (κ3) is 2.87. The van der Waals surface area contributed by atoms with E-state index in [1.165, 1.54) is 12.8 Å². The van der Waals surface area contributed by atoms with Crippen molar-refractivity contribution in [1.29, 1.82) is 0 Å². The van der Waals surface area contributed by atoms with Crippen molar-refractivity contribution in [3.05, 3.63) is 18.2 Å². The number of aromatic nitrogens is 2. The van der Waals surface area contributed by atoms with Crippen LogP contribution in [0, 0.1) is 11.8 Å². The molecule has 0 saturated carbocycles. The van der Waals surface area contributed by atoms with Gasteiger partial charge in [-0.1, -0.05) is 6.92 Å². The molecule has 20 heavy (non-hydrogen) atoms. The van der Waals surface area contributed by atoms with Gasteiger partial charge in [-0.05, 0) is 37.8 Å². The highest BCUT2D eigenvalue weighted by atomic mass is 16.2. The van der Waals surface area contributed by atoms with Crippen molar-refractivity contribution in [2.75, 3.05) is 19.6 Å². The minimum Gasteiger partial charge on any atom is -0.333 e. The molecule has 1 saturated heterocycles. The second kappa shape index (κ2) is 5.95. The van der Waals surface area contributed by atoms with Gasteiger partial charge in [-0.25, -0.2) is 4.98 Å². The number of rotatable bonds is 3. The van der Waals surface area contributed by atoms with Gasteiger partial charge in [-0.3, -0.25) is 4.79 Å². The predicted molar refractivity (Wildman–Crippen MR) is 77.0 cm³/mol. The standard InChI is InChI=1S/C15H24N4O/c1-12(13-3-2-4-16-10-13)9-15(20)19-8-7-18-6-5-17-14(18)11-19/h5-6,12-13,16H,2-4,7-11H2,1H3. The molecule has 2 unspecified atom stereocenters. The zero-order valence-electron chi connectivity index (χ0n) is 12.2. The highest BCUT2D eigenvalue weighted by Crippen LogP contribution is 2.24. The molecule has 1 amide bonds. The quantitative estimate of drug-likeness (QED) is 0.904. The van der Waals surface area contributed by atoms with Crippen molar-refractivity contribution >= 4 is 5.91 Å². The molecule has 0 spiro atoms. The summed E-state index contributed by atoms with van der Waals surface area (Å²) in [6, 6.07) is 0. The minimum atomic E-state index is 0.289. The Bertz CT molecular complexity index is 464. The molecule has 1 aromatic rings. The third-order valence-corrected chi connectivity index (χ3v) is 4.73. The first-order chi connectivity index (χ1) is 9.74. The molecular formula is C15H24N4O. The summed E-state index contributed by atoms with van der Waals surface area (Å²) in [7, 11) is 0. The number of piperidine rings is 1. The highest BCUT2D eigenvalue weighted by molar-refractivity contribution is 5.76. The lowest BCUT2D eigenvalue weighted by atomic mass is 9.85. The molecule has 5 nitrogen and oxygen atoms in total. The maximum atomic E-state index is 12.5. The molecule has 1 fully saturated rings. The maximum Gasteiger partial charge on any atom is 0.223 e. The van der Waals surface area contributed by atoms with Crippen molar-refractivity contribution < 1.29 is 4.79 Å². The van der Waals surface area contributed by atoms with Crippen LogP contribution < -0.4 is 5.32 Å². The van der Waals surface area contributed by atoms with Crippen molar-refractivity contribution in [3.8, 4) is 0 Å². The van der Waals surface area contributed by atoms with Gasteiger partial charge in [-0.2, -0.15) is 0 Å². The van der Waals surface area contributed by atoms with E-state index in [-0.39, 0.29) is 5.91 Å². The highest BCUT2D eigenvalue weighted by Gasteiger charge is 2.26. The fourth-order valence-corrected chi connectivity index (χ4v) is 3.32. The lowest BCUT2D eigenvalue weighted by Crippen LogP contribution is -2.40. The number of nitrogens with one attached hydrogen (secondary N) is 1. The first-order valence-electron chi connectivity index (χ1n) is 7.72. The molecule has 5 heteroatoms. The van der Waals surface area contributed by atoms with Crippen LogP contribution in [-0.2, 0) is 17.9 Å². The van der Waals surface area contributed by atoms with E-state index >= 15 is 0 Å². The molecule has 2 aliphatic rings. The lowest BCUT2D eigenvalue weighted by molar-refractivity contribution is -0.134. The van der Waals surface area contributed by atoms with E-state index < -0.39 is 0 Å². The molecule has 2 aliphatic heterocycles. The van der Waals surface area contributed by atoms with Gasteiger partial charge in [0.2, 0.25) is 5.91 Å². The van der Waals surface area contributed by atoms with Gasteiger partial charge >= 0.3 is 0 Å². The van der Waals surface area contributed by atoms with Crippen LogP contribution in [0.15, 0.2) is 12.4 Å². The molecule has 3 heterocycles. The fraction of sp³-hybridized carbons (Fsp3) is 0.733. The fourth-order valence-electron chi connectivity index (χ4n) is 3.32.